The third-order valence-electron chi connectivity index (χ3n) is 2.79. The van der Waals surface area contributed by atoms with Gasteiger partial charge in [-0.1, -0.05) is 13.8 Å². The van der Waals surface area contributed by atoms with E-state index < -0.39 is 5.60 Å². The Labute approximate surface area is 96.5 Å². The molecule has 1 heterocycles. The first kappa shape index (κ1) is 12.8. The number of hydrogen-bond donors (Lipinski definition) is 1. The van der Waals surface area contributed by atoms with Gasteiger partial charge in [-0.25, -0.2) is 0 Å². The van der Waals surface area contributed by atoms with Crippen molar-refractivity contribution in [3.8, 4) is 0 Å². The van der Waals surface area contributed by atoms with Crippen molar-refractivity contribution < 1.29 is 9.53 Å². The zero-order valence-corrected chi connectivity index (χ0v) is 10.5. The van der Waals surface area contributed by atoms with Gasteiger partial charge in [-0.15, -0.1) is 11.6 Å². The molecular formula is C11H20ClNO2. The van der Waals surface area contributed by atoms with Gasteiger partial charge in [-0.05, 0) is 25.2 Å². The van der Waals surface area contributed by atoms with Gasteiger partial charge in [0.2, 0.25) is 0 Å². The number of nitrogens with one attached hydrogen (secondary N) is 1. The summed E-state index contributed by atoms with van der Waals surface area (Å²) in [6, 6.07) is 0. The molecule has 1 saturated heterocycles. The number of hydrogen-bond acceptors (Lipinski definition) is 2. The first-order valence-electron chi connectivity index (χ1n) is 5.38. The second kappa shape index (κ2) is 4.71. The minimum absolute atomic E-state index is 0.0156. The quantitative estimate of drug-likeness (QED) is 0.754. The van der Waals surface area contributed by atoms with Gasteiger partial charge in [0.25, 0.3) is 5.91 Å². The monoisotopic (exact) mass is 233 g/mol. The fraction of sp³-hybridized carbons (Fsp3) is 0.909. The van der Waals surface area contributed by atoms with Crippen molar-refractivity contribution >= 4 is 17.5 Å². The Hall–Kier alpha value is -0.280. The molecule has 1 amide bonds. The number of alkyl halides is 1. The number of ether oxygens (including phenoxy) is 1. The van der Waals surface area contributed by atoms with Gasteiger partial charge in [0, 0.05) is 19.0 Å². The molecule has 88 valence electrons. The van der Waals surface area contributed by atoms with Crippen LogP contribution in [0.2, 0.25) is 0 Å². The molecule has 1 fully saturated rings. The van der Waals surface area contributed by atoms with Crippen LogP contribution in [0.3, 0.4) is 0 Å². The molecule has 0 bridgehead atoms. The van der Waals surface area contributed by atoms with E-state index in [0.29, 0.717) is 19.0 Å². The predicted octanol–water partition coefficient (Wildman–Crippen LogP) is 1.94. The maximum atomic E-state index is 11.9. The molecule has 0 aliphatic carbocycles. The van der Waals surface area contributed by atoms with Crippen LogP contribution in [-0.4, -0.2) is 30.5 Å². The minimum atomic E-state index is -0.623. The minimum Gasteiger partial charge on any atom is -0.365 e. The summed E-state index contributed by atoms with van der Waals surface area (Å²) in [5, 5.41) is 2.91. The second-order valence-corrected chi connectivity index (χ2v) is 5.43. The zero-order valence-electron chi connectivity index (χ0n) is 9.73. The molecule has 1 N–H and O–H groups in total. The van der Waals surface area contributed by atoms with E-state index in [1.807, 2.05) is 20.8 Å². The van der Waals surface area contributed by atoms with Crippen molar-refractivity contribution in [1.82, 2.24) is 5.32 Å². The Balaban J connectivity index is 2.42. The van der Waals surface area contributed by atoms with Gasteiger partial charge in [0.05, 0.1) is 0 Å². The molecule has 15 heavy (non-hydrogen) atoms. The second-order valence-electron chi connectivity index (χ2n) is 5.16. The summed E-state index contributed by atoms with van der Waals surface area (Å²) in [4.78, 5) is 11.9. The highest BCUT2D eigenvalue weighted by molar-refractivity contribution is 6.18. The average Bonchev–Trinajstić information content (AvgIpc) is 2.63. The SMILES string of the molecule is CC(C)(CCl)CNC(=O)C1(C)CCCO1. The standard InChI is InChI=1S/C11H20ClNO2/c1-10(2,7-12)8-13-9(14)11(3)5-4-6-15-11/h4-8H2,1-3H3,(H,13,14). The molecule has 0 saturated carbocycles. The highest BCUT2D eigenvalue weighted by atomic mass is 35.5. The van der Waals surface area contributed by atoms with Crippen LogP contribution in [0.5, 0.6) is 0 Å². The lowest BCUT2D eigenvalue weighted by Gasteiger charge is -2.26. The van der Waals surface area contributed by atoms with Crippen LogP contribution in [0.1, 0.15) is 33.6 Å². The van der Waals surface area contributed by atoms with E-state index in [1.54, 1.807) is 0 Å². The van der Waals surface area contributed by atoms with E-state index in [-0.39, 0.29) is 11.3 Å². The summed E-state index contributed by atoms with van der Waals surface area (Å²) in [6.07, 6.45) is 1.77. The lowest BCUT2D eigenvalue weighted by molar-refractivity contribution is -0.139. The van der Waals surface area contributed by atoms with E-state index >= 15 is 0 Å². The zero-order chi connectivity index (χ0) is 11.5. The fourth-order valence-corrected chi connectivity index (χ4v) is 1.61. The molecule has 0 aromatic carbocycles. The number of carbonyl (C=O) groups excluding carboxylic acids is 1. The van der Waals surface area contributed by atoms with Crippen LogP contribution in [-0.2, 0) is 9.53 Å². The molecule has 0 spiro atoms. The van der Waals surface area contributed by atoms with Crippen molar-refractivity contribution in [1.29, 1.82) is 0 Å². The van der Waals surface area contributed by atoms with Crippen molar-refractivity contribution in [2.24, 2.45) is 5.41 Å². The van der Waals surface area contributed by atoms with Crippen LogP contribution in [0.15, 0.2) is 0 Å². The third kappa shape index (κ3) is 3.35. The number of halogens is 1. The van der Waals surface area contributed by atoms with Gasteiger partial charge >= 0.3 is 0 Å². The Morgan fingerprint density at radius 1 is 1.60 bits per heavy atom. The van der Waals surface area contributed by atoms with E-state index in [4.69, 9.17) is 16.3 Å². The Morgan fingerprint density at radius 2 is 2.27 bits per heavy atom. The Morgan fingerprint density at radius 3 is 2.73 bits per heavy atom. The van der Waals surface area contributed by atoms with E-state index in [0.717, 1.165) is 12.8 Å². The molecule has 0 aromatic rings. The van der Waals surface area contributed by atoms with Gasteiger partial charge in [-0.3, -0.25) is 4.79 Å². The predicted molar refractivity (Wildman–Crippen MR) is 61.1 cm³/mol. The normalized spacial score (nSPS) is 26.7. The van der Waals surface area contributed by atoms with E-state index in [2.05, 4.69) is 5.32 Å². The number of rotatable bonds is 4. The summed E-state index contributed by atoms with van der Waals surface area (Å²) < 4.78 is 5.46. The smallest absolute Gasteiger partial charge is 0.251 e. The van der Waals surface area contributed by atoms with Crippen molar-refractivity contribution in [3.05, 3.63) is 0 Å². The lowest BCUT2D eigenvalue weighted by atomic mass is 9.95. The topological polar surface area (TPSA) is 38.3 Å². The summed E-state index contributed by atoms with van der Waals surface area (Å²) in [5.41, 5.74) is -0.686. The summed E-state index contributed by atoms with van der Waals surface area (Å²) >= 11 is 5.79. The molecular weight excluding hydrogens is 214 g/mol. The van der Waals surface area contributed by atoms with Gasteiger partial charge in [-0.2, -0.15) is 0 Å². The van der Waals surface area contributed by atoms with Crippen LogP contribution in [0.25, 0.3) is 0 Å². The highest BCUT2D eigenvalue weighted by Crippen LogP contribution is 2.25. The summed E-state index contributed by atoms with van der Waals surface area (Å²) in [5.74, 6) is 0.517. The molecule has 1 aliphatic rings. The lowest BCUT2D eigenvalue weighted by Crippen LogP contribution is -2.47. The van der Waals surface area contributed by atoms with E-state index in [1.165, 1.54) is 0 Å². The van der Waals surface area contributed by atoms with Crippen LogP contribution in [0, 0.1) is 5.41 Å². The molecule has 1 rings (SSSR count). The van der Waals surface area contributed by atoms with Crippen molar-refractivity contribution in [2.75, 3.05) is 19.0 Å². The molecule has 0 radical (unpaired) electrons. The number of amides is 1. The highest BCUT2D eigenvalue weighted by Gasteiger charge is 2.38. The molecule has 3 nitrogen and oxygen atoms in total. The Bertz CT molecular complexity index is 235. The molecule has 1 unspecified atom stereocenters. The van der Waals surface area contributed by atoms with Crippen LogP contribution in [0.4, 0.5) is 0 Å². The number of carbonyl (C=O) groups is 1. The first-order valence-corrected chi connectivity index (χ1v) is 5.91. The maximum absolute atomic E-state index is 11.9. The largest absolute Gasteiger partial charge is 0.365 e. The van der Waals surface area contributed by atoms with Gasteiger partial charge < -0.3 is 10.1 Å². The van der Waals surface area contributed by atoms with Crippen LogP contribution >= 0.6 is 11.6 Å². The molecule has 1 atom stereocenters. The van der Waals surface area contributed by atoms with Crippen molar-refractivity contribution in [3.63, 3.8) is 0 Å². The van der Waals surface area contributed by atoms with Crippen molar-refractivity contribution in [2.45, 2.75) is 39.2 Å². The summed E-state index contributed by atoms with van der Waals surface area (Å²) in [6.45, 7) is 7.18. The maximum Gasteiger partial charge on any atom is 0.251 e. The van der Waals surface area contributed by atoms with E-state index in [9.17, 15) is 4.79 Å². The fourth-order valence-electron chi connectivity index (χ4n) is 1.51. The average molecular weight is 234 g/mol. The van der Waals surface area contributed by atoms with Gasteiger partial charge in [0.1, 0.15) is 5.60 Å². The third-order valence-corrected chi connectivity index (χ3v) is 3.51. The van der Waals surface area contributed by atoms with Crippen LogP contribution < -0.4 is 5.32 Å². The van der Waals surface area contributed by atoms with Gasteiger partial charge in [0.15, 0.2) is 0 Å². The molecule has 4 heteroatoms. The Kier molecular flexibility index (Phi) is 4.01. The molecule has 1 aliphatic heterocycles. The first-order chi connectivity index (χ1) is 6.90. The molecule has 0 aromatic heterocycles. The summed E-state index contributed by atoms with van der Waals surface area (Å²) in [7, 11) is 0.